The second-order valence-corrected chi connectivity index (χ2v) is 4.07. The van der Waals surface area contributed by atoms with Crippen LogP contribution in [0.25, 0.3) is 0 Å². The Morgan fingerprint density at radius 2 is 1.81 bits per heavy atom. The number of hydrogen-bond donors (Lipinski definition) is 1. The highest BCUT2D eigenvalue weighted by Crippen LogP contribution is 2.01. The van der Waals surface area contributed by atoms with Gasteiger partial charge in [-0.25, -0.2) is 0 Å². The molecule has 0 bridgehead atoms. The summed E-state index contributed by atoms with van der Waals surface area (Å²) in [5.74, 6) is 0.575. The maximum atomic E-state index is 5.43. The minimum absolute atomic E-state index is 0.408. The molecule has 1 unspecified atom stereocenters. The van der Waals surface area contributed by atoms with Gasteiger partial charge < -0.3 is 19.5 Å². The van der Waals surface area contributed by atoms with Crippen molar-refractivity contribution >= 4 is 0 Å². The van der Waals surface area contributed by atoms with E-state index in [0.29, 0.717) is 25.2 Å². The van der Waals surface area contributed by atoms with Gasteiger partial charge >= 0.3 is 0 Å². The van der Waals surface area contributed by atoms with Crippen LogP contribution in [0.5, 0.6) is 0 Å². The molecule has 0 aromatic rings. The Morgan fingerprint density at radius 1 is 1.06 bits per heavy atom. The molecule has 1 N–H and O–H groups in total. The van der Waals surface area contributed by atoms with Crippen molar-refractivity contribution in [2.45, 2.75) is 26.8 Å². The molecule has 0 saturated carbocycles. The molecule has 0 radical (unpaired) electrons. The Morgan fingerprint density at radius 3 is 2.38 bits per heavy atom. The van der Waals surface area contributed by atoms with Gasteiger partial charge in [0.1, 0.15) is 0 Å². The zero-order valence-electron chi connectivity index (χ0n) is 11.1. The number of rotatable bonds is 11. The maximum Gasteiger partial charge on any atom is 0.0700 e. The second-order valence-electron chi connectivity index (χ2n) is 4.07. The van der Waals surface area contributed by atoms with Gasteiger partial charge in [-0.15, -0.1) is 0 Å². The van der Waals surface area contributed by atoms with Gasteiger partial charge in [0, 0.05) is 26.3 Å². The number of methoxy groups -OCH3 is 1. The number of ether oxygens (including phenoxy) is 3. The Kier molecular flexibility index (Phi) is 11.2. The molecule has 0 aliphatic rings. The van der Waals surface area contributed by atoms with E-state index in [1.165, 1.54) is 0 Å². The lowest BCUT2D eigenvalue weighted by Crippen LogP contribution is -2.39. The van der Waals surface area contributed by atoms with Crippen molar-refractivity contribution in [1.82, 2.24) is 5.32 Å². The second kappa shape index (κ2) is 11.3. The summed E-state index contributed by atoms with van der Waals surface area (Å²) in [5.41, 5.74) is 0. The summed E-state index contributed by atoms with van der Waals surface area (Å²) in [6, 6.07) is 0.408. The van der Waals surface area contributed by atoms with E-state index in [2.05, 4.69) is 19.2 Å². The molecular formula is C12H27NO3. The average Bonchev–Trinajstić information content (AvgIpc) is 2.26. The van der Waals surface area contributed by atoms with Crippen LogP contribution in [0.2, 0.25) is 0 Å². The molecule has 0 amide bonds. The van der Waals surface area contributed by atoms with Gasteiger partial charge in [-0.05, 0) is 12.8 Å². The highest BCUT2D eigenvalue weighted by Gasteiger charge is 2.11. The van der Waals surface area contributed by atoms with E-state index in [9.17, 15) is 0 Å². The third kappa shape index (κ3) is 9.09. The normalized spacial score (nSPS) is 13.3. The van der Waals surface area contributed by atoms with Crippen LogP contribution in [-0.4, -0.2) is 52.7 Å². The first-order chi connectivity index (χ1) is 7.72. The Balaban J connectivity index is 3.44. The first kappa shape index (κ1) is 15.8. The summed E-state index contributed by atoms with van der Waals surface area (Å²) in [7, 11) is 1.68. The molecule has 1 atom stereocenters. The molecule has 0 fully saturated rings. The Bertz CT molecular complexity index is 142. The van der Waals surface area contributed by atoms with Gasteiger partial charge in [0.25, 0.3) is 0 Å². The van der Waals surface area contributed by atoms with Crippen LogP contribution in [-0.2, 0) is 14.2 Å². The van der Waals surface area contributed by atoms with Crippen molar-refractivity contribution in [1.29, 1.82) is 0 Å². The van der Waals surface area contributed by atoms with Crippen LogP contribution in [0.1, 0.15) is 20.8 Å². The first-order valence-electron chi connectivity index (χ1n) is 6.10. The Labute approximate surface area is 99.6 Å². The van der Waals surface area contributed by atoms with E-state index in [1.54, 1.807) is 7.11 Å². The summed E-state index contributed by atoms with van der Waals surface area (Å²) < 4.78 is 15.7. The van der Waals surface area contributed by atoms with Gasteiger partial charge in [0.15, 0.2) is 0 Å². The minimum Gasteiger partial charge on any atom is -0.382 e. The van der Waals surface area contributed by atoms with E-state index in [4.69, 9.17) is 14.2 Å². The highest BCUT2D eigenvalue weighted by molar-refractivity contribution is 4.69. The van der Waals surface area contributed by atoms with Crippen LogP contribution in [0.3, 0.4) is 0 Å². The van der Waals surface area contributed by atoms with Gasteiger partial charge in [-0.3, -0.25) is 0 Å². The lowest BCUT2D eigenvalue weighted by atomic mass is 10.1. The summed E-state index contributed by atoms with van der Waals surface area (Å²) in [6.45, 7) is 10.9. The number of hydrogen-bond acceptors (Lipinski definition) is 4. The molecule has 0 spiro atoms. The monoisotopic (exact) mass is 233 g/mol. The van der Waals surface area contributed by atoms with Crippen molar-refractivity contribution in [3.05, 3.63) is 0 Å². The largest absolute Gasteiger partial charge is 0.382 e. The fourth-order valence-corrected chi connectivity index (χ4v) is 1.29. The summed E-state index contributed by atoms with van der Waals surface area (Å²) in [4.78, 5) is 0. The molecule has 98 valence electrons. The molecule has 0 saturated heterocycles. The molecule has 0 aliphatic heterocycles. The lowest BCUT2D eigenvalue weighted by molar-refractivity contribution is 0.0650. The third-order valence-electron chi connectivity index (χ3n) is 2.39. The molecule has 0 aromatic carbocycles. The van der Waals surface area contributed by atoms with Crippen molar-refractivity contribution in [3.8, 4) is 0 Å². The summed E-state index contributed by atoms with van der Waals surface area (Å²) in [5, 5.41) is 3.44. The third-order valence-corrected chi connectivity index (χ3v) is 2.39. The summed E-state index contributed by atoms with van der Waals surface area (Å²) >= 11 is 0. The van der Waals surface area contributed by atoms with Gasteiger partial charge in [-0.1, -0.05) is 13.8 Å². The van der Waals surface area contributed by atoms with E-state index >= 15 is 0 Å². The minimum atomic E-state index is 0.408. The van der Waals surface area contributed by atoms with Crippen LogP contribution < -0.4 is 5.32 Å². The fourth-order valence-electron chi connectivity index (χ4n) is 1.29. The zero-order chi connectivity index (χ0) is 12.2. The SMILES string of the molecule is CCOCC(NCCOCCOC)C(C)C. The van der Waals surface area contributed by atoms with Gasteiger partial charge in [-0.2, -0.15) is 0 Å². The maximum absolute atomic E-state index is 5.43. The number of nitrogens with one attached hydrogen (secondary N) is 1. The molecule has 0 rings (SSSR count). The zero-order valence-corrected chi connectivity index (χ0v) is 11.1. The first-order valence-corrected chi connectivity index (χ1v) is 6.10. The molecule has 0 heterocycles. The van der Waals surface area contributed by atoms with Crippen LogP contribution in [0.15, 0.2) is 0 Å². The fraction of sp³-hybridized carbons (Fsp3) is 1.00. The molecular weight excluding hydrogens is 206 g/mol. The van der Waals surface area contributed by atoms with E-state index in [1.807, 2.05) is 6.92 Å². The smallest absolute Gasteiger partial charge is 0.0700 e. The molecule has 0 aliphatic carbocycles. The van der Waals surface area contributed by atoms with Crippen molar-refractivity contribution < 1.29 is 14.2 Å². The van der Waals surface area contributed by atoms with Crippen LogP contribution in [0.4, 0.5) is 0 Å². The average molecular weight is 233 g/mol. The Hall–Kier alpha value is -0.160. The quantitative estimate of drug-likeness (QED) is 0.546. The van der Waals surface area contributed by atoms with Crippen molar-refractivity contribution in [2.24, 2.45) is 5.92 Å². The molecule has 16 heavy (non-hydrogen) atoms. The molecule has 4 nitrogen and oxygen atoms in total. The predicted molar refractivity (Wildman–Crippen MR) is 65.8 cm³/mol. The molecule has 0 aromatic heterocycles. The van der Waals surface area contributed by atoms with E-state index in [-0.39, 0.29) is 0 Å². The topological polar surface area (TPSA) is 39.7 Å². The van der Waals surface area contributed by atoms with Gasteiger partial charge in [0.2, 0.25) is 0 Å². The van der Waals surface area contributed by atoms with Gasteiger partial charge in [0.05, 0.1) is 26.4 Å². The predicted octanol–water partition coefficient (Wildman–Crippen LogP) is 1.30. The summed E-state index contributed by atoms with van der Waals surface area (Å²) in [6.07, 6.45) is 0. The van der Waals surface area contributed by atoms with Crippen molar-refractivity contribution in [3.63, 3.8) is 0 Å². The highest BCUT2D eigenvalue weighted by atomic mass is 16.5. The van der Waals surface area contributed by atoms with Crippen LogP contribution in [0, 0.1) is 5.92 Å². The lowest BCUT2D eigenvalue weighted by Gasteiger charge is -2.22. The van der Waals surface area contributed by atoms with Crippen LogP contribution >= 0.6 is 0 Å². The standard InChI is InChI=1S/C12H27NO3/c1-5-15-10-12(11(2)3)13-6-7-16-9-8-14-4/h11-13H,5-10H2,1-4H3. The van der Waals surface area contributed by atoms with Crippen molar-refractivity contribution in [2.75, 3.05) is 46.7 Å². The van der Waals surface area contributed by atoms with E-state index < -0.39 is 0 Å². The molecule has 4 heteroatoms. The van der Waals surface area contributed by atoms with E-state index in [0.717, 1.165) is 26.4 Å².